The van der Waals surface area contributed by atoms with E-state index >= 15 is 0 Å². The lowest BCUT2D eigenvalue weighted by Gasteiger charge is -2.12. The number of halogens is 1. The van der Waals surface area contributed by atoms with Crippen molar-refractivity contribution >= 4 is 0 Å². The van der Waals surface area contributed by atoms with Gasteiger partial charge >= 0.3 is 0 Å². The number of nitrogens with zero attached hydrogens (tertiary/aromatic N) is 3. The van der Waals surface area contributed by atoms with Crippen LogP contribution in [-0.2, 0) is 0 Å². The Kier molecular flexibility index (Phi) is 3.92. The van der Waals surface area contributed by atoms with E-state index in [9.17, 15) is 4.39 Å². The lowest BCUT2D eigenvalue weighted by Crippen LogP contribution is -2.26. The monoisotopic (exact) mass is 264 g/mol. The van der Waals surface area contributed by atoms with E-state index < -0.39 is 0 Å². The van der Waals surface area contributed by atoms with E-state index in [1.165, 1.54) is 6.07 Å². The minimum Gasteiger partial charge on any atom is -0.334 e. The highest BCUT2D eigenvalue weighted by Crippen LogP contribution is 2.21. The van der Waals surface area contributed by atoms with Crippen molar-refractivity contribution < 1.29 is 8.91 Å². The molecule has 0 fully saturated rings. The van der Waals surface area contributed by atoms with E-state index in [0.717, 1.165) is 0 Å². The summed E-state index contributed by atoms with van der Waals surface area (Å²) in [4.78, 5) is 6.14. The molecule has 19 heavy (non-hydrogen) atoms. The minimum atomic E-state index is -0.331. The second-order valence-corrected chi connectivity index (χ2v) is 4.79. The van der Waals surface area contributed by atoms with Crippen molar-refractivity contribution in [1.82, 2.24) is 15.0 Å². The Morgan fingerprint density at radius 2 is 2.16 bits per heavy atom. The summed E-state index contributed by atoms with van der Waals surface area (Å²) in [5.74, 6) is 0.405. The second-order valence-electron chi connectivity index (χ2n) is 4.79. The topological polar surface area (TPSA) is 68.2 Å². The third-order valence-corrected chi connectivity index (χ3v) is 2.75. The maximum atomic E-state index is 13.5. The summed E-state index contributed by atoms with van der Waals surface area (Å²) in [6.45, 7) is 2.31. The van der Waals surface area contributed by atoms with Crippen LogP contribution in [0.1, 0.15) is 17.4 Å². The Hall–Kier alpha value is -1.79. The molecule has 2 aromatic rings. The van der Waals surface area contributed by atoms with Crippen molar-refractivity contribution in [3.8, 4) is 11.5 Å². The average Bonchev–Trinajstić information content (AvgIpc) is 2.81. The molecule has 1 aromatic heterocycles. The van der Waals surface area contributed by atoms with Crippen molar-refractivity contribution in [2.24, 2.45) is 5.73 Å². The van der Waals surface area contributed by atoms with Gasteiger partial charge in [-0.2, -0.15) is 4.98 Å². The predicted molar refractivity (Wildman–Crippen MR) is 69.9 cm³/mol. The predicted octanol–water partition coefficient (Wildman–Crippen LogP) is 1.75. The van der Waals surface area contributed by atoms with Gasteiger partial charge in [-0.15, -0.1) is 0 Å². The molecule has 1 atom stereocenters. The smallest absolute Gasteiger partial charge is 0.258 e. The Morgan fingerprint density at radius 3 is 2.79 bits per heavy atom. The standard InChI is InChI=1S/C13H17FN4O/c1-8-4-5-9(6-10(8)14)13-16-12(17-19-13)11(15)7-18(2)3/h4-6,11H,7,15H2,1-3H3. The fourth-order valence-electron chi connectivity index (χ4n) is 1.70. The molecule has 0 saturated carbocycles. The van der Waals surface area contributed by atoms with Crippen molar-refractivity contribution in [1.29, 1.82) is 0 Å². The highest BCUT2D eigenvalue weighted by molar-refractivity contribution is 5.53. The molecule has 1 aromatic carbocycles. The van der Waals surface area contributed by atoms with Gasteiger partial charge in [0.1, 0.15) is 5.82 Å². The van der Waals surface area contributed by atoms with Crippen LogP contribution in [0, 0.1) is 12.7 Å². The van der Waals surface area contributed by atoms with E-state index in [4.69, 9.17) is 10.3 Å². The van der Waals surface area contributed by atoms with E-state index in [2.05, 4.69) is 10.1 Å². The van der Waals surface area contributed by atoms with E-state index in [0.29, 0.717) is 23.5 Å². The van der Waals surface area contributed by atoms with Gasteiger partial charge in [-0.25, -0.2) is 4.39 Å². The average molecular weight is 264 g/mol. The first-order valence-electron chi connectivity index (χ1n) is 5.98. The molecule has 6 heteroatoms. The first kappa shape index (κ1) is 13.6. The zero-order valence-corrected chi connectivity index (χ0v) is 11.2. The molecule has 0 amide bonds. The maximum absolute atomic E-state index is 13.5. The van der Waals surface area contributed by atoms with Crippen LogP contribution < -0.4 is 5.73 Å². The summed E-state index contributed by atoms with van der Waals surface area (Å²) < 4.78 is 18.6. The van der Waals surface area contributed by atoms with Crippen LogP contribution in [0.15, 0.2) is 22.7 Å². The zero-order valence-electron chi connectivity index (χ0n) is 11.2. The number of likely N-dealkylation sites (N-methyl/N-ethyl adjacent to an activating group) is 1. The van der Waals surface area contributed by atoms with Gasteiger partial charge in [0.15, 0.2) is 5.82 Å². The summed E-state index contributed by atoms with van der Waals surface area (Å²) in [6, 6.07) is 4.47. The molecule has 1 heterocycles. The van der Waals surface area contributed by atoms with Crippen LogP contribution in [0.4, 0.5) is 4.39 Å². The number of rotatable bonds is 4. The zero-order chi connectivity index (χ0) is 14.0. The number of hydrogen-bond donors (Lipinski definition) is 1. The Bertz CT molecular complexity index is 568. The van der Waals surface area contributed by atoms with Crippen molar-refractivity contribution in [3.05, 3.63) is 35.4 Å². The van der Waals surface area contributed by atoms with Gasteiger partial charge in [-0.1, -0.05) is 11.2 Å². The Balaban J connectivity index is 2.22. The molecule has 0 spiro atoms. The molecule has 5 nitrogen and oxygen atoms in total. The van der Waals surface area contributed by atoms with Crippen molar-refractivity contribution in [3.63, 3.8) is 0 Å². The second kappa shape index (κ2) is 5.46. The number of aryl methyl sites for hydroxylation is 1. The van der Waals surface area contributed by atoms with Crippen LogP contribution in [0.5, 0.6) is 0 Å². The third-order valence-electron chi connectivity index (χ3n) is 2.75. The number of benzene rings is 1. The molecular weight excluding hydrogens is 247 g/mol. The van der Waals surface area contributed by atoms with Crippen LogP contribution in [0.3, 0.4) is 0 Å². The summed E-state index contributed by atoms with van der Waals surface area (Å²) in [7, 11) is 3.83. The van der Waals surface area contributed by atoms with Crippen molar-refractivity contribution in [2.75, 3.05) is 20.6 Å². The van der Waals surface area contributed by atoms with Gasteiger partial charge < -0.3 is 15.2 Å². The quantitative estimate of drug-likeness (QED) is 0.911. The molecule has 0 saturated heterocycles. The van der Waals surface area contributed by atoms with E-state index in [-0.39, 0.29) is 17.7 Å². The normalized spacial score (nSPS) is 12.9. The molecule has 102 valence electrons. The summed E-state index contributed by atoms with van der Waals surface area (Å²) >= 11 is 0. The van der Waals surface area contributed by atoms with Crippen LogP contribution >= 0.6 is 0 Å². The Morgan fingerprint density at radius 1 is 1.42 bits per heavy atom. The van der Waals surface area contributed by atoms with Crippen LogP contribution in [0.25, 0.3) is 11.5 Å². The molecule has 0 bridgehead atoms. The fraction of sp³-hybridized carbons (Fsp3) is 0.385. The SMILES string of the molecule is Cc1ccc(-c2nc(C(N)CN(C)C)no2)cc1F. The molecule has 0 aliphatic heterocycles. The lowest BCUT2D eigenvalue weighted by molar-refractivity contribution is 0.357. The molecule has 0 radical (unpaired) electrons. The first-order chi connectivity index (χ1) is 8.97. The molecule has 2 rings (SSSR count). The summed E-state index contributed by atoms with van der Waals surface area (Å²) in [5.41, 5.74) is 7.07. The van der Waals surface area contributed by atoms with Crippen LogP contribution in [-0.4, -0.2) is 35.7 Å². The molecular formula is C13H17FN4O. The van der Waals surface area contributed by atoms with Gasteiger partial charge in [0.2, 0.25) is 0 Å². The highest BCUT2D eigenvalue weighted by Gasteiger charge is 2.16. The van der Waals surface area contributed by atoms with Crippen LogP contribution in [0.2, 0.25) is 0 Å². The van der Waals surface area contributed by atoms with E-state index in [1.54, 1.807) is 19.1 Å². The minimum absolute atomic E-state index is 0.281. The summed E-state index contributed by atoms with van der Waals surface area (Å²) in [5, 5.41) is 3.84. The van der Waals surface area contributed by atoms with Gasteiger partial charge in [0.25, 0.3) is 5.89 Å². The van der Waals surface area contributed by atoms with Gasteiger partial charge in [0, 0.05) is 12.1 Å². The largest absolute Gasteiger partial charge is 0.334 e. The number of nitrogens with two attached hydrogens (primary N) is 1. The van der Waals surface area contributed by atoms with Gasteiger partial charge in [0.05, 0.1) is 6.04 Å². The van der Waals surface area contributed by atoms with E-state index in [1.807, 2.05) is 19.0 Å². The van der Waals surface area contributed by atoms with Crippen molar-refractivity contribution in [2.45, 2.75) is 13.0 Å². The number of aromatic nitrogens is 2. The molecule has 2 N–H and O–H groups in total. The maximum Gasteiger partial charge on any atom is 0.258 e. The Labute approximate surface area is 111 Å². The van der Waals surface area contributed by atoms with Gasteiger partial charge in [-0.05, 0) is 38.7 Å². The van der Waals surface area contributed by atoms with Gasteiger partial charge in [-0.3, -0.25) is 0 Å². The third kappa shape index (κ3) is 3.15. The fourth-order valence-corrected chi connectivity index (χ4v) is 1.70. The number of hydrogen-bond acceptors (Lipinski definition) is 5. The lowest BCUT2D eigenvalue weighted by atomic mass is 10.1. The summed E-state index contributed by atoms with van der Waals surface area (Å²) in [6.07, 6.45) is 0. The molecule has 0 aliphatic rings. The highest BCUT2D eigenvalue weighted by atomic mass is 19.1. The first-order valence-corrected chi connectivity index (χ1v) is 5.98. The molecule has 1 unspecified atom stereocenters. The molecule has 0 aliphatic carbocycles.